The number of hydrogen-bond donors (Lipinski definition) is 2. The van der Waals surface area contributed by atoms with E-state index in [9.17, 15) is 0 Å². The molecule has 0 radical (unpaired) electrons. The van der Waals surface area contributed by atoms with Crippen LogP contribution in [0.15, 0.2) is 0 Å². The lowest BCUT2D eigenvalue weighted by Crippen LogP contribution is -2.35. The van der Waals surface area contributed by atoms with E-state index in [1.54, 1.807) is 7.11 Å². The Kier molecular flexibility index (Phi) is 5.53. The van der Waals surface area contributed by atoms with Crippen LogP contribution in [0.25, 0.3) is 0 Å². The number of ether oxygens (including phenoxy) is 1. The summed E-state index contributed by atoms with van der Waals surface area (Å²) >= 11 is 0. The average molecular weight is 189 g/mol. The SMILES string of the molecule is COC(C)(C)CC(CCO)C(C)N. The molecule has 0 aliphatic carbocycles. The Balaban J connectivity index is 4.08. The normalized spacial score (nSPS) is 17.1. The fourth-order valence-electron chi connectivity index (χ4n) is 1.43. The summed E-state index contributed by atoms with van der Waals surface area (Å²) in [6.45, 7) is 6.26. The quantitative estimate of drug-likeness (QED) is 0.659. The number of rotatable bonds is 6. The van der Waals surface area contributed by atoms with Crippen LogP contribution in [-0.4, -0.2) is 30.5 Å². The molecule has 3 nitrogen and oxygen atoms in total. The molecule has 0 aromatic carbocycles. The van der Waals surface area contributed by atoms with Crippen LogP contribution in [0.3, 0.4) is 0 Å². The van der Waals surface area contributed by atoms with E-state index in [0.29, 0.717) is 5.92 Å². The highest BCUT2D eigenvalue weighted by Gasteiger charge is 2.24. The van der Waals surface area contributed by atoms with Gasteiger partial charge >= 0.3 is 0 Å². The van der Waals surface area contributed by atoms with Crippen LogP contribution in [0.1, 0.15) is 33.6 Å². The molecule has 0 fully saturated rings. The molecule has 0 aliphatic heterocycles. The maximum Gasteiger partial charge on any atom is 0.0626 e. The van der Waals surface area contributed by atoms with Crippen LogP contribution >= 0.6 is 0 Å². The molecule has 0 aromatic rings. The molecule has 0 rings (SSSR count). The van der Waals surface area contributed by atoms with Crippen molar-refractivity contribution in [3.8, 4) is 0 Å². The highest BCUT2D eigenvalue weighted by Crippen LogP contribution is 2.23. The number of hydrogen-bond acceptors (Lipinski definition) is 3. The lowest BCUT2D eigenvalue weighted by molar-refractivity contribution is -0.00328. The van der Waals surface area contributed by atoms with Gasteiger partial charge in [-0.2, -0.15) is 0 Å². The molecular formula is C10H23NO2. The highest BCUT2D eigenvalue weighted by atomic mass is 16.5. The molecule has 0 amide bonds. The van der Waals surface area contributed by atoms with Gasteiger partial charge in [-0.05, 0) is 39.5 Å². The first-order valence-electron chi connectivity index (χ1n) is 4.84. The molecule has 0 heterocycles. The van der Waals surface area contributed by atoms with E-state index in [4.69, 9.17) is 15.6 Å². The Morgan fingerprint density at radius 1 is 1.46 bits per heavy atom. The molecular weight excluding hydrogens is 166 g/mol. The maximum absolute atomic E-state index is 8.86. The predicted octanol–water partition coefficient (Wildman–Crippen LogP) is 1.15. The van der Waals surface area contributed by atoms with E-state index in [1.807, 2.05) is 20.8 Å². The zero-order valence-electron chi connectivity index (χ0n) is 9.21. The fraction of sp³-hybridized carbons (Fsp3) is 1.00. The van der Waals surface area contributed by atoms with Gasteiger partial charge in [0.1, 0.15) is 0 Å². The molecule has 0 aromatic heterocycles. The first-order chi connectivity index (χ1) is 5.93. The molecule has 0 saturated carbocycles. The monoisotopic (exact) mass is 189 g/mol. The second kappa shape index (κ2) is 5.58. The van der Waals surface area contributed by atoms with E-state index < -0.39 is 0 Å². The zero-order valence-corrected chi connectivity index (χ0v) is 9.21. The van der Waals surface area contributed by atoms with Gasteiger partial charge in [0.05, 0.1) is 5.60 Å². The molecule has 2 unspecified atom stereocenters. The topological polar surface area (TPSA) is 55.5 Å². The third kappa shape index (κ3) is 5.24. The highest BCUT2D eigenvalue weighted by molar-refractivity contribution is 4.78. The van der Waals surface area contributed by atoms with E-state index in [2.05, 4.69) is 0 Å². The molecule has 2 atom stereocenters. The number of nitrogens with two attached hydrogens (primary N) is 1. The van der Waals surface area contributed by atoms with E-state index >= 15 is 0 Å². The second-order valence-electron chi connectivity index (χ2n) is 4.30. The Hall–Kier alpha value is -0.120. The number of aliphatic hydroxyl groups is 1. The van der Waals surface area contributed by atoms with Crippen molar-refractivity contribution in [1.29, 1.82) is 0 Å². The summed E-state index contributed by atoms with van der Waals surface area (Å²) in [6.07, 6.45) is 1.65. The number of aliphatic hydroxyl groups excluding tert-OH is 1. The Morgan fingerprint density at radius 3 is 2.31 bits per heavy atom. The van der Waals surface area contributed by atoms with Crippen LogP contribution in [0.4, 0.5) is 0 Å². The predicted molar refractivity (Wildman–Crippen MR) is 54.5 cm³/mol. The van der Waals surface area contributed by atoms with E-state index in [1.165, 1.54) is 0 Å². The van der Waals surface area contributed by atoms with Crippen LogP contribution in [0.5, 0.6) is 0 Å². The maximum atomic E-state index is 8.86. The van der Waals surface area contributed by atoms with Crippen molar-refractivity contribution in [3.63, 3.8) is 0 Å². The molecule has 0 aliphatic rings. The van der Waals surface area contributed by atoms with Gasteiger partial charge in [-0.3, -0.25) is 0 Å². The van der Waals surface area contributed by atoms with Gasteiger partial charge in [-0.25, -0.2) is 0 Å². The van der Waals surface area contributed by atoms with Crippen LogP contribution in [0, 0.1) is 5.92 Å². The summed E-state index contributed by atoms with van der Waals surface area (Å²) in [7, 11) is 1.71. The Labute approximate surface area is 81.3 Å². The van der Waals surface area contributed by atoms with Gasteiger partial charge in [0.15, 0.2) is 0 Å². The summed E-state index contributed by atoms with van der Waals surface area (Å²) in [5, 5.41) is 8.86. The lowest BCUT2D eigenvalue weighted by atomic mass is 9.87. The molecule has 3 N–H and O–H groups in total. The summed E-state index contributed by atoms with van der Waals surface area (Å²) in [5.74, 6) is 0.333. The van der Waals surface area contributed by atoms with Gasteiger partial charge in [-0.15, -0.1) is 0 Å². The third-order valence-electron chi connectivity index (χ3n) is 2.55. The molecule has 0 spiro atoms. The van der Waals surface area contributed by atoms with Crippen molar-refractivity contribution in [2.75, 3.05) is 13.7 Å². The fourth-order valence-corrected chi connectivity index (χ4v) is 1.43. The van der Waals surface area contributed by atoms with E-state index in [0.717, 1.165) is 12.8 Å². The second-order valence-corrected chi connectivity index (χ2v) is 4.30. The van der Waals surface area contributed by atoms with Gasteiger partial charge < -0.3 is 15.6 Å². The largest absolute Gasteiger partial charge is 0.396 e. The Morgan fingerprint density at radius 2 is 2.00 bits per heavy atom. The van der Waals surface area contributed by atoms with Crippen molar-refractivity contribution < 1.29 is 9.84 Å². The van der Waals surface area contributed by atoms with Crippen molar-refractivity contribution in [3.05, 3.63) is 0 Å². The van der Waals surface area contributed by atoms with Gasteiger partial charge in [0.25, 0.3) is 0 Å². The molecule has 0 bridgehead atoms. The molecule has 13 heavy (non-hydrogen) atoms. The summed E-state index contributed by atoms with van der Waals surface area (Å²) in [5.41, 5.74) is 5.67. The van der Waals surface area contributed by atoms with Gasteiger partial charge in [-0.1, -0.05) is 0 Å². The smallest absolute Gasteiger partial charge is 0.0626 e. The van der Waals surface area contributed by atoms with Crippen molar-refractivity contribution in [2.45, 2.75) is 45.3 Å². The summed E-state index contributed by atoms with van der Waals surface area (Å²) in [6, 6.07) is 0.113. The van der Waals surface area contributed by atoms with Crippen LogP contribution in [-0.2, 0) is 4.74 Å². The average Bonchev–Trinajstić information content (AvgIpc) is 2.03. The van der Waals surface area contributed by atoms with Crippen molar-refractivity contribution >= 4 is 0 Å². The van der Waals surface area contributed by atoms with Crippen molar-refractivity contribution in [1.82, 2.24) is 0 Å². The molecule has 0 saturated heterocycles. The standard InChI is InChI=1S/C10H23NO2/c1-8(11)9(5-6-12)7-10(2,3)13-4/h8-9,12H,5-7,11H2,1-4H3. The summed E-state index contributed by atoms with van der Waals surface area (Å²) in [4.78, 5) is 0. The zero-order chi connectivity index (χ0) is 10.5. The van der Waals surface area contributed by atoms with Crippen LogP contribution in [0.2, 0.25) is 0 Å². The first kappa shape index (κ1) is 12.9. The minimum Gasteiger partial charge on any atom is -0.396 e. The third-order valence-corrected chi connectivity index (χ3v) is 2.55. The van der Waals surface area contributed by atoms with E-state index in [-0.39, 0.29) is 18.2 Å². The summed E-state index contributed by atoms with van der Waals surface area (Å²) < 4.78 is 5.33. The van der Waals surface area contributed by atoms with Gasteiger partial charge in [0.2, 0.25) is 0 Å². The minimum absolute atomic E-state index is 0.113. The van der Waals surface area contributed by atoms with Crippen LogP contribution < -0.4 is 5.73 Å². The Bertz CT molecular complexity index is 135. The lowest BCUT2D eigenvalue weighted by Gasteiger charge is -2.30. The molecule has 80 valence electrons. The van der Waals surface area contributed by atoms with Gasteiger partial charge in [0, 0.05) is 19.8 Å². The van der Waals surface area contributed by atoms with Crippen molar-refractivity contribution in [2.24, 2.45) is 11.7 Å². The number of methoxy groups -OCH3 is 1. The minimum atomic E-state index is -0.145. The molecule has 3 heteroatoms. The first-order valence-corrected chi connectivity index (χ1v) is 4.84.